The molecule has 10 rings (SSSR count). The first-order valence-electron chi connectivity index (χ1n) is 17.0. The van der Waals surface area contributed by atoms with Crippen molar-refractivity contribution in [2.24, 2.45) is 0 Å². The van der Waals surface area contributed by atoms with Gasteiger partial charge in [0.05, 0.1) is 0 Å². The molecule has 0 bridgehead atoms. The van der Waals surface area contributed by atoms with E-state index in [9.17, 15) is 0 Å². The summed E-state index contributed by atoms with van der Waals surface area (Å²) in [6.45, 7) is 0. The van der Waals surface area contributed by atoms with E-state index in [1.807, 2.05) is 60.7 Å². The van der Waals surface area contributed by atoms with Crippen molar-refractivity contribution in [1.29, 1.82) is 0 Å². The Labute approximate surface area is 290 Å². The topological polar surface area (TPSA) is 38.7 Å². The van der Waals surface area contributed by atoms with Crippen molar-refractivity contribution in [3.8, 4) is 78.7 Å². The Morgan fingerprint density at radius 2 is 0.620 bits per heavy atom. The van der Waals surface area contributed by atoms with Crippen molar-refractivity contribution in [2.75, 3.05) is 0 Å². The molecule has 0 unspecified atom stereocenters. The molecular weight excluding hydrogens is 607 g/mol. The van der Waals surface area contributed by atoms with Crippen LogP contribution in [0.5, 0.6) is 0 Å². The molecule has 0 aliphatic heterocycles. The highest BCUT2D eigenvalue weighted by molar-refractivity contribution is 6.27. The minimum atomic E-state index is 0.649. The third-order valence-electron chi connectivity index (χ3n) is 9.88. The Morgan fingerprint density at radius 3 is 1.20 bits per heavy atom. The monoisotopic (exact) mass is 635 g/mol. The Morgan fingerprint density at radius 1 is 0.240 bits per heavy atom. The van der Waals surface area contributed by atoms with Crippen LogP contribution in [0, 0.1) is 0 Å². The van der Waals surface area contributed by atoms with Gasteiger partial charge in [-0.3, -0.25) is 0 Å². The van der Waals surface area contributed by atoms with Crippen LogP contribution >= 0.6 is 0 Å². The van der Waals surface area contributed by atoms with Gasteiger partial charge in [-0.25, -0.2) is 15.0 Å². The largest absolute Gasteiger partial charge is 0.208 e. The van der Waals surface area contributed by atoms with Crippen molar-refractivity contribution in [2.45, 2.75) is 0 Å². The summed E-state index contributed by atoms with van der Waals surface area (Å²) in [4.78, 5) is 14.8. The van der Waals surface area contributed by atoms with Gasteiger partial charge in [-0.15, -0.1) is 0 Å². The molecule has 1 heterocycles. The Bertz CT molecular complexity index is 2680. The maximum absolute atomic E-state index is 4.97. The van der Waals surface area contributed by atoms with Gasteiger partial charge in [0.15, 0.2) is 17.5 Å². The van der Waals surface area contributed by atoms with Crippen LogP contribution < -0.4 is 0 Å². The van der Waals surface area contributed by atoms with E-state index >= 15 is 0 Å². The molecule has 1 aromatic heterocycles. The Kier molecular flexibility index (Phi) is 6.49. The van der Waals surface area contributed by atoms with Gasteiger partial charge in [-0.2, -0.15) is 0 Å². The number of hydrogen-bond acceptors (Lipinski definition) is 3. The first-order valence-corrected chi connectivity index (χ1v) is 17.0. The molecule has 0 fully saturated rings. The lowest BCUT2D eigenvalue weighted by Gasteiger charge is -2.19. The summed E-state index contributed by atoms with van der Waals surface area (Å²) in [5, 5.41) is 5.02. The third-order valence-corrected chi connectivity index (χ3v) is 9.88. The molecule has 8 aromatic carbocycles. The first-order chi connectivity index (χ1) is 24.8. The van der Waals surface area contributed by atoms with Crippen LogP contribution in [0.4, 0.5) is 0 Å². The zero-order valence-electron chi connectivity index (χ0n) is 27.1. The van der Waals surface area contributed by atoms with Crippen LogP contribution in [0.3, 0.4) is 0 Å². The Hall–Kier alpha value is -6.71. The van der Waals surface area contributed by atoms with Gasteiger partial charge in [0.25, 0.3) is 0 Å². The molecule has 0 saturated carbocycles. The highest BCUT2D eigenvalue weighted by Crippen LogP contribution is 2.52. The number of fused-ring (bicyclic) bond motifs is 7. The van der Waals surface area contributed by atoms with Crippen LogP contribution in [-0.4, -0.2) is 15.0 Å². The normalized spacial score (nSPS) is 11.6. The second kappa shape index (κ2) is 11.5. The second-order valence-electron chi connectivity index (χ2n) is 12.7. The summed E-state index contributed by atoms with van der Waals surface area (Å²) in [6, 6.07) is 62.3. The molecule has 0 atom stereocenters. The summed E-state index contributed by atoms with van der Waals surface area (Å²) in [7, 11) is 0. The number of nitrogens with zero attached hydrogens (tertiary/aromatic N) is 3. The molecule has 1 aliphatic carbocycles. The molecular formula is C47H29N3. The van der Waals surface area contributed by atoms with E-state index in [0.717, 1.165) is 22.3 Å². The van der Waals surface area contributed by atoms with Gasteiger partial charge < -0.3 is 0 Å². The van der Waals surface area contributed by atoms with E-state index in [1.165, 1.54) is 60.5 Å². The summed E-state index contributed by atoms with van der Waals surface area (Å²) >= 11 is 0. The number of aromatic nitrogens is 3. The molecule has 0 saturated heterocycles. The molecule has 232 valence electrons. The van der Waals surface area contributed by atoms with Gasteiger partial charge in [-0.1, -0.05) is 176 Å². The van der Waals surface area contributed by atoms with Gasteiger partial charge in [0, 0.05) is 16.7 Å². The number of rotatable bonds is 4. The van der Waals surface area contributed by atoms with E-state index in [2.05, 4.69) is 115 Å². The fourth-order valence-corrected chi connectivity index (χ4v) is 7.66. The molecule has 9 aromatic rings. The molecule has 0 amide bonds. The van der Waals surface area contributed by atoms with Crippen molar-refractivity contribution in [3.05, 3.63) is 176 Å². The highest BCUT2D eigenvalue weighted by Gasteiger charge is 2.25. The molecule has 0 radical (unpaired) electrons. The van der Waals surface area contributed by atoms with Crippen molar-refractivity contribution < 1.29 is 0 Å². The lowest BCUT2D eigenvalue weighted by Crippen LogP contribution is -2.00. The molecule has 3 heteroatoms. The molecule has 0 N–H and O–H groups in total. The maximum atomic E-state index is 4.97. The summed E-state index contributed by atoms with van der Waals surface area (Å²) < 4.78 is 0. The van der Waals surface area contributed by atoms with E-state index in [1.54, 1.807) is 0 Å². The van der Waals surface area contributed by atoms with E-state index in [4.69, 9.17) is 15.0 Å². The van der Waals surface area contributed by atoms with E-state index in [0.29, 0.717) is 17.5 Å². The smallest absolute Gasteiger partial charge is 0.164 e. The van der Waals surface area contributed by atoms with Gasteiger partial charge >= 0.3 is 0 Å². The fourth-order valence-electron chi connectivity index (χ4n) is 7.66. The predicted octanol–water partition coefficient (Wildman–Crippen LogP) is 12.2. The summed E-state index contributed by atoms with van der Waals surface area (Å²) in [6.07, 6.45) is 0. The van der Waals surface area contributed by atoms with Crippen molar-refractivity contribution in [1.82, 2.24) is 15.0 Å². The standard InChI is InChI=1S/C47H29N3/c1-3-14-31(15-4-1)45-48-46(32-16-5-2-6-17-32)50-47(49-45)33-28-26-30(27-29-33)42-39-22-11-12-23-40(39)43-37-21-10-9-20-35(37)34-18-7-8-19-36(34)38-24-13-25-41(42)44(38)43/h1-29H. The van der Waals surface area contributed by atoms with E-state index < -0.39 is 0 Å². The van der Waals surface area contributed by atoms with Gasteiger partial charge in [0.2, 0.25) is 0 Å². The average Bonchev–Trinajstić information content (AvgIpc) is 3.32. The van der Waals surface area contributed by atoms with Crippen LogP contribution in [0.2, 0.25) is 0 Å². The van der Waals surface area contributed by atoms with Gasteiger partial charge in [0.1, 0.15) is 0 Å². The molecule has 0 spiro atoms. The minimum Gasteiger partial charge on any atom is -0.208 e. The zero-order valence-corrected chi connectivity index (χ0v) is 27.1. The summed E-state index contributed by atoms with van der Waals surface area (Å²) in [5.74, 6) is 1.96. The minimum absolute atomic E-state index is 0.649. The fraction of sp³-hybridized carbons (Fsp3) is 0. The van der Waals surface area contributed by atoms with Gasteiger partial charge in [-0.05, 0) is 66.1 Å². The SMILES string of the molecule is c1ccc(-c2nc(-c3ccccc3)nc(-c3ccc(-c4c5ccccc5c5c6c(cccc46)-c4ccccc4-c4ccccc4-5)cc3)n2)cc1. The second-order valence-corrected chi connectivity index (χ2v) is 12.7. The predicted molar refractivity (Wildman–Crippen MR) is 206 cm³/mol. The van der Waals surface area contributed by atoms with Crippen LogP contribution in [0.25, 0.3) is 100 Å². The number of hydrogen-bond donors (Lipinski definition) is 0. The quantitative estimate of drug-likeness (QED) is 0.181. The van der Waals surface area contributed by atoms with Crippen LogP contribution in [-0.2, 0) is 0 Å². The van der Waals surface area contributed by atoms with Crippen molar-refractivity contribution >= 4 is 21.5 Å². The van der Waals surface area contributed by atoms with Crippen LogP contribution in [0.1, 0.15) is 0 Å². The average molecular weight is 636 g/mol. The van der Waals surface area contributed by atoms with Crippen molar-refractivity contribution in [3.63, 3.8) is 0 Å². The molecule has 50 heavy (non-hydrogen) atoms. The molecule has 1 aliphatic rings. The summed E-state index contributed by atoms with van der Waals surface area (Å²) in [5.41, 5.74) is 12.9. The Balaban J connectivity index is 1.20. The zero-order chi connectivity index (χ0) is 33.0. The number of benzene rings is 8. The lowest BCUT2D eigenvalue weighted by atomic mass is 9.84. The first kappa shape index (κ1) is 28.3. The lowest BCUT2D eigenvalue weighted by molar-refractivity contribution is 1.07. The van der Waals surface area contributed by atoms with Crippen LogP contribution in [0.15, 0.2) is 176 Å². The van der Waals surface area contributed by atoms with E-state index in [-0.39, 0.29) is 0 Å². The highest BCUT2D eigenvalue weighted by atomic mass is 15.0. The third kappa shape index (κ3) is 4.48. The maximum Gasteiger partial charge on any atom is 0.164 e. The molecule has 3 nitrogen and oxygen atoms in total.